The Labute approximate surface area is 109 Å². The van der Waals surface area contributed by atoms with Crippen LogP contribution >= 0.6 is 0 Å². The van der Waals surface area contributed by atoms with E-state index in [0.717, 1.165) is 17.9 Å². The highest BCUT2D eigenvalue weighted by molar-refractivity contribution is 5.52. The Balaban J connectivity index is 2.48. The number of rotatable bonds is 3. The number of benzene rings is 1. The fourth-order valence-electron chi connectivity index (χ4n) is 2.61. The number of hydrogen-bond acceptors (Lipinski definition) is 3. The van der Waals surface area contributed by atoms with Gasteiger partial charge in [-0.1, -0.05) is 11.6 Å². The van der Waals surface area contributed by atoms with E-state index in [0.29, 0.717) is 0 Å². The van der Waals surface area contributed by atoms with Gasteiger partial charge >= 0.3 is 0 Å². The quantitative estimate of drug-likeness (QED) is 0.835. The van der Waals surface area contributed by atoms with Gasteiger partial charge in [-0.15, -0.1) is 0 Å². The minimum atomic E-state index is 0.145. The second-order valence-electron chi connectivity index (χ2n) is 5.04. The summed E-state index contributed by atoms with van der Waals surface area (Å²) in [6.45, 7) is 4.21. The van der Waals surface area contributed by atoms with E-state index in [9.17, 15) is 0 Å². The smallest absolute Gasteiger partial charge is 0.161 e. The van der Waals surface area contributed by atoms with Crippen LogP contribution in [0.2, 0.25) is 0 Å². The van der Waals surface area contributed by atoms with Gasteiger partial charge in [-0.2, -0.15) is 0 Å². The average molecular weight is 247 g/mol. The monoisotopic (exact) mass is 247 g/mol. The van der Waals surface area contributed by atoms with Gasteiger partial charge in [0.15, 0.2) is 11.5 Å². The maximum atomic E-state index is 6.23. The molecule has 0 radical (unpaired) electrons. The molecule has 0 saturated heterocycles. The van der Waals surface area contributed by atoms with Crippen LogP contribution in [0.3, 0.4) is 0 Å². The Morgan fingerprint density at radius 2 is 1.83 bits per heavy atom. The molecule has 2 atom stereocenters. The average Bonchev–Trinajstić information content (AvgIpc) is 2.63. The van der Waals surface area contributed by atoms with Crippen LogP contribution < -0.4 is 15.2 Å². The summed E-state index contributed by atoms with van der Waals surface area (Å²) in [5.41, 5.74) is 10.1. The highest BCUT2D eigenvalue weighted by Crippen LogP contribution is 2.40. The zero-order valence-corrected chi connectivity index (χ0v) is 11.5. The van der Waals surface area contributed by atoms with Crippen molar-refractivity contribution in [3.8, 4) is 11.5 Å². The predicted octanol–water partition coefficient (Wildman–Crippen LogP) is 2.64. The topological polar surface area (TPSA) is 44.5 Å². The summed E-state index contributed by atoms with van der Waals surface area (Å²) in [4.78, 5) is 0. The predicted molar refractivity (Wildman–Crippen MR) is 73.4 cm³/mol. The normalized spacial score (nSPS) is 21.4. The van der Waals surface area contributed by atoms with Crippen LogP contribution in [0.25, 0.3) is 0 Å². The van der Waals surface area contributed by atoms with Crippen molar-refractivity contribution in [2.45, 2.75) is 32.2 Å². The van der Waals surface area contributed by atoms with Gasteiger partial charge in [-0.25, -0.2) is 0 Å². The van der Waals surface area contributed by atoms with E-state index in [1.807, 2.05) is 6.07 Å². The minimum absolute atomic E-state index is 0.145. The van der Waals surface area contributed by atoms with E-state index in [-0.39, 0.29) is 12.0 Å². The Bertz CT molecular complexity index is 476. The molecule has 98 valence electrons. The lowest BCUT2D eigenvalue weighted by Gasteiger charge is -2.14. The SMILES string of the molecule is COc1cc2c(cc1OC)[C@H](C=C(C)C)[C@@H](N)C2. The Kier molecular flexibility index (Phi) is 3.62. The lowest BCUT2D eigenvalue weighted by atomic mass is 9.96. The molecule has 1 aromatic carbocycles. The first-order valence-electron chi connectivity index (χ1n) is 6.22. The molecule has 0 aliphatic heterocycles. The van der Waals surface area contributed by atoms with Crippen LogP contribution in [0, 0.1) is 0 Å². The molecule has 0 unspecified atom stereocenters. The summed E-state index contributed by atoms with van der Waals surface area (Å²) in [5, 5.41) is 0. The van der Waals surface area contributed by atoms with Crippen molar-refractivity contribution in [3.63, 3.8) is 0 Å². The van der Waals surface area contributed by atoms with Gasteiger partial charge < -0.3 is 15.2 Å². The van der Waals surface area contributed by atoms with Crippen LogP contribution in [0.1, 0.15) is 30.9 Å². The van der Waals surface area contributed by atoms with E-state index in [4.69, 9.17) is 15.2 Å². The lowest BCUT2D eigenvalue weighted by molar-refractivity contribution is 0.354. The molecule has 0 saturated carbocycles. The van der Waals surface area contributed by atoms with Crippen LogP contribution in [0.4, 0.5) is 0 Å². The van der Waals surface area contributed by atoms with Crippen molar-refractivity contribution >= 4 is 0 Å². The van der Waals surface area contributed by atoms with Gasteiger partial charge in [0.1, 0.15) is 0 Å². The van der Waals surface area contributed by atoms with Crippen LogP contribution in [-0.2, 0) is 6.42 Å². The van der Waals surface area contributed by atoms with Crippen molar-refractivity contribution in [2.24, 2.45) is 5.73 Å². The highest BCUT2D eigenvalue weighted by atomic mass is 16.5. The summed E-state index contributed by atoms with van der Waals surface area (Å²) >= 11 is 0. The largest absolute Gasteiger partial charge is 0.493 e. The van der Waals surface area contributed by atoms with Gasteiger partial charge in [-0.05, 0) is 43.5 Å². The number of ether oxygens (including phenoxy) is 2. The summed E-state index contributed by atoms with van der Waals surface area (Å²) in [5.74, 6) is 1.84. The molecule has 0 heterocycles. The molecule has 3 nitrogen and oxygen atoms in total. The molecule has 0 bridgehead atoms. The zero-order chi connectivity index (χ0) is 13.3. The number of allylic oxidation sites excluding steroid dienone is 1. The first-order valence-corrected chi connectivity index (χ1v) is 6.22. The third-order valence-corrected chi connectivity index (χ3v) is 3.43. The van der Waals surface area contributed by atoms with Crippen molar-refractivity contribution in [2.75, 3.05) is 14.2 Å². The molecule has 0 fully saturated rings. The molecule has 0 spiro atoms. The maximum Gasteiger partial charge on any atom is 0.161 e. The first-order chi connectivity index (χ1) is 8.56. The zero-order valence-electron chi connectivity index (χ0n) is 11.5. The molecular formula is C15H21NO2. The second kappa shape index (κ2) is 5.02. The van der Waals surface area contributed by atoms with Crippen molar-refractivity contribution in [1.29, 1.82) is 0 Å². The molecule has 18 heavy (non-hydrogen) atoms. The minimum Gasteiger partial charge on any atom is -0.493 e. The molecule has 1 aliphatic carbocycles. The number of nitrogens with two attached hydrogens (primary N) is 1. The molecule has 2 N–H and O–H groups in total. The van der Waals surface area contributed by atoms with Gasteiger partial charge in [-0.3, -0.25) is 0 Å². The van der Waals surface area contributed by atoms with Gasteiger partial charge in [0, 0.05) is 12.0 Å². The van der Waals surface area contributed by atoms with Gasteiger partial charge in [0.25, 0.3) is 0 Å². The molecule has 1 aromatic rings. The second-order valence-corrected chi connectivity index (χ2v) is 5.04. The highest BCUT2D eigenvalue weighted by Gasteiger charge is 2.29. The van der Waals surface area contributed by atoms with E-state index in [1.165, 1.54) is 16.7 Å². The molecule has 2 rings (SSSR count). The Morgan fingerprint density at radius 1 is 1.22 bits per heavy atom. The van der Waals surface area contributed by atoms with Gasteiger partial charge in [0.05, 0.1) is 14.2 Å². The maximum absolute atomic E-state index is 6.23. The number of methoxy groups -OCH3 is 2. The Morgan fingerprint density at radius 3 is 2.39 bits per heavy atom. The third-order valence-electron chi connectivity index (χ3n) is 3.43. The number of fused-ring (bicyclic) bond motifs is 1. The molecule has 0 aromatic heterocycles. The summed E-state index contributed by atoms with van der Waals surface area (Å²) < 4.78 is 10.7. The fraction of sp³-hybridized carbons (Fsp3) is 0.467. The van der Waals surface area contributed by atoms with E-state index in [1.54, 1.807) is 14.2 Å². The standard InChI is InChI=1S/C15H21NO2/c1-9(2)5-12-11-8-15(18-4)14(17-3)7-10(11)6-13(12)16/h5,7-8,12-13H,6,16H2,1-4H3/t12-,13-/m0/s1. The van der Waals surface area contributed by atoms with Gasteiger partial charge in [0.2, 0.25) is 0 Å². The molecule has 1 aliphatic rings. The van der Waals surface area contributed by atoms with E-state index >= 15 is 0 Å². The van der Waals surface area contributed by atoms with Crippen molar-refractivity contribution in [3.05, 3.63) is 34.9 Å². The fourth-order valence-corrected chi connectivity index (χ4v) is 2.61. The first kappa shape index (κ1) is 13.0. The van der Waals surface area contributed by atoms with E-state index in [2.05, 4.69) is 26.0 Å². The summed E-state index contributed by atoms with van der Waals surface area (Å²) in [7, 11) is 3.32. The van der Waals surface area contributed by atoms with Crippen molar-refractivity contribution < 1.29 is 9.47 Å². The molecular weight excluding hydrogens is 226 g/mol. The van der Waals surface area contributed by atoms with Crippen molar-refractivity contribution in [1.82, 2.24) is 0 Å². The summed E-state index contributed by atoms with van der Waals surface area (Å²) in [6.07, 6.45) is 3.13. The van der Waals surface area contributed by atoms with Crippen LogP contribution in [0.5, 0.6) is 11.5 Å². The van der Waals surface area contributed by atoms with Crippen LogP contribution in [-0.4, -0.2) is 20.3 Å². The third kappa shape index (κ3) is 2.23. The summed E-state index contributed by atoms with van der Waals surface area (Å²) in [6, 6.07) is 4.25. The van der Waals surface area contributed by atoms with Crippen LogP contribution in [0.15, 0.2) is 23.8 Å². The lowest BCUT2D eigenvalue weighted by Crippen LogP contribution is -2.23. The Hall–Kier alpha value is -1.48. The number of hydrogen-bond donors (Lipinski definition) is 1. The van der Waals surface area contributed by atoms with E-state index < -0.39 is 0 Å². The molecule has 3 heteroatoms. The molecule has 0 amide bonds.